The standard InChI is InChI=1S/C73H140O6/c1-4-7-10-13-16-19-22-25-27-29-30-31-32-33-34-35-36-37-38-39-40-41-42-43-44-45-47-48-51-54-57-60-63-66-72(75)78-69-70(68-77-71(74)65-62-59-56-53-50-24-21-18-15-12-9-6-3)79-73(76)67-64-61-58-55-52-49-46-28-26-23-20-17-14-11-8-5-2/h18,21,70H,4-17,19-20,22-69H2,1-3H3/b21-18-. The predicted molar refractivity (Wildman–Crippen MR) is 344 cm³/mol. The smallest absolute Gasteiger partial charge is 0.306 e. The van der Waals surface area contributed by atoms with Crippen LogP contribution in [-0.2, 0) is 28.6 Å². The molecule has 0 saturated carbocycles. The van der Waals surface area contributed by atoms with E-state index in [1.165, 1.54) is 315 Å². The molecule has 6 nitrogen and oxygen atoms in total. The van der Waals surface area contributed by atoms with Gasteiger partial charge in [-0.1, -0.05) is 367 Å². The first-order valence-electron chi connectivity index (χ1n) is 36.2. The molecule has 468 valence electrons. The van der Waals surface area contributed by atoms with Crippen molar-refractivity contribution < 1.29 is 28.6 Å². The number of unbranched alkanes of at least 4 members (excludes halogenated alkanes) is 55. The number of carbonyl (C=O) groups is 3. The van der Waals surface area contributed by atoms with Crippen LogP contribution in [0, 0.1) is 0 Å². The summed E-state index contributed by atoms with van der Waals surface area (Å²) in [6.45, 7) is 6.69. The molecule has 6 heteroatoms. The van der Waals surface area contributed by atoms with Gasteiger partial charge in [0, 0.05) is 19.3 Å². The first-order chi connectivity index (χ1) is 39.0. The van der Waals surface area contributed by atoms with Gasteiger partial charge < -0.3 is 14.2 Å². The van der Waals surface area contributed by atoms with Gasteiger partial charge in [0.05, 0.1) is 0 Å². The van der Waals surface area contributed by atoms with Crippen LogP contribution in [0.2, 0.25) is 0 Å². The molecule has 79 heavy (non-hydrogen) atoms. The fourth-order valence-electron chi connectivity index (χ4n) is 11.3. The molecule has 0 saturated heterocycles. The maximum absolute atomic E-state index is 12.9. The van der Waals surface area contributed by atoms with Gasteiger partial charge in [-0.25, -0.2) is 0 Å². The summed E-state index contributed by atoms with van der Waals surface area (Å²) >= 11 is 0. The maximum atomic E-state index is 12.9. The summed E-state index contributed by atoms with van der Waals surface area (Å²) in [5.74, 6) is -0.843. The maximum Gasteiger partial charge on any atom is 0.306 e. The third kappa shape index (κ3) is 66.8. The number of carbonyl (C=O) groups excluding carboxylic acids is 3. The Kier molecular flexibility index (Phi) is 67.0. The highest BCUT2D eigenvalue weighted by Crippen LogP contribution is 2.19. The van der Waals surface area contributed by atoms with Crippen molar-refractivity contribution in [3.8, 4) is 0 Å². The first-order valence-corrected chi connectivity index (χ1v) is 36.2. The van der Waals surface area contributed by atoms with E-state index in [-0.39, 0.29) is 31.1 Å². The Labute approximate surface area is 494 Å². The van der Waals surface area contributed by atoms with Crippen LogP contribution in [0.15, 0.2) is 12.2 Å². The quantitative estimate of drug-likeness (QED) is 0.0261. The Morgan fingerprint density at radius 2 is 0.418 bits per heavy atom. The minimum absolute atomic E-state index is 0.0660. The number of allylic oxidation sites excluding steroid dienone is 2. The van der Waals surface area contributed by atoms with Gasteiger partial charge in [-0.2, -0.15) is 0 Å². The molecule has 0 spiro atoms. The van der Waals surface area contributed by atoms with E-state index in [2.05, 4.69) is 32.9 Å². The lowest BCUT2D eigenvalue weighted by Gasteiger charge is -2.18. The van der Waals surface area contributed by atoms with Crippen LogP contribution in [-0.4, -0.2) is 37.2 Å². The zero-order valence-corrected chi connectivity index (χ0v) is 53.9. The van der Waals surface area contributed by atoms with Crippen LogP contribution in [0.4, 0.5) is 0 Å². The van der Waals surface area contributed by atoms with Gasteiger partial charge in [0.25, 0.3) is 0 Å². The topological polar surface area (TPSA) is 78.9 Å². The van der Waals surface area contributed by atoms with Crippen molar-refractivity contribution in [2.45, 2.75) is 425 Å². The second-order valence-corrected chi connectivity index (χ2v) is 24.9. The molecule has 0 aliphatic carbocycles. The first kappa shape index (κ1) is 77.2. The molecule has 0 aromatic heterocycles. The molecule has 0 radical (unpaired) electrons. The SMILES string of the molecule is CCCCC/C=C\CCCCCCCC(=O)OCC(COC(=O)CCCCCCCCCCCCCCCCCCCCCCCCCCCCCCCCCCC)OC(=O)CCCCCCCCCCCCCCCCCC. The van der Waals surface area contributed by atoms with Crippen molar-refractivity contribution in [2.75, 3.05) is 13.2 Å². The van der Waals surface area contributed by atoms with E-state index in [9.17, 15) is 14.4 Å². The molecule has 0 N–H and O–H groups in total. The van der Waals surface area contributed by atoms with Crippen molar-refractivity contribution in [3.63, 3.8) is 0 Å². The molecule has 0 amide bonds. The average molecular weight is 1110 g/mol. The minimum Gasteiger partial charge on any atom is -0.462 e. The third-order valence-corrected chi connectivity index (χ3v) is 16.8. The van der Waals surface area contributed by atoms with Gasteiger partial charge >= 0.3 is 17.9 Å². The number of rotatable bonds is 68. The fourth-order valence-corrected chi connectivity index (χ4v) is 11.3. The van der Waals surface area contributed by atoms with Crippen molar-refractivity contribution in [1.29, 1.82) is 0 Å². The number of hydrogen-bond acceptors (Lipinski definition) is 6. The lowest BCUT2D eigenvalue weighted by atomic mass is 10.0. The molecule has 0 aliphatic rings. The van der Waals surface area contributed by atoms with Gasteiger partial charge in [0.1, 0.15) is 13.2 Å². The van der Waals surface area contributed by atoms with E-state index in [0.717, 1.165) is 64.2 Å². The van der Waals surface area contributed by atoms with E-state index >= 15 is 0 Å². The normalized spacial score (nSPS) is 12.0. The molecule has 0 aromatic rings. The number of hydrogen-bond donors (Lipinski definition) is 0. The third-order valence-electron chi connectivity index (χ3n) is 16.8. The molecular formula is C73H140O6. The Hall–Kier alpha value is -1.85. The summed E-state index contributed by atoms with van der Waals surface area (Å²) in [5.41, 5.74) is 0. The Morgan fingerprint density at radius 3 is 0.658 bits per heavy atom. The second kappa shape index (κ2) is 68.6. The summed E-state index contributed by atoms with van der Waals surface area (Å²) in [6, 6.07) is 0. The van der Waals surface area contributed by atoms with Gasteiger partial charge in [0.15, 0.2) is 6.10 Å². The highest BCUT2D eigenvalue weighted by Gasteiger charge is 2.19. The highest BCUT2D eigenvalue weighted by molar-refractivity contribution is 5.71. The summed E-state index contributed by atoms with van der Waals surface area (Å²) in [6.07, 6.45) is 82.7. The molecular weight excluding hydrogens is 973 g/mol. The predicted octanol–water partition coefficient (Wildman–Crippen LogP) is 24.8. The Bertz CT molecular complexity index is 1230. The lowest BCUT2D eigenvalue weighted by Crippen LogP contribution is -2.30. The van der Waals surface area contributed by atoms with Crippen LogP contribution in [0.25, 0.3) is 0 Å². The highest BCUT2D eigenvalue weighted by atomic mass is 16.6. The lowest BCUT2D eigenvalue weighted by molar-refractivity contribution is -0.167. The van der Waals surface area contributed by atoms with E-state index < -0.39 is 6.10 Å². The van der Waals surface area contributed by atoms with Crippen LogP contribution in [0.3, 0.4) is 0 Å². The van der Waals surface area contributed by atoms with Crippen LogP contribution in [0.1, 0.15) is 419 Å². The average Bonchev–Trinajstić information content (AvgIpc) is 3.45. The van der Waals surface area contributed by atoms with Gasteiger partial charge in [-0.3, -0.25) is 14.4 Å². The molecule has 0 aliphatic heterocycles. The van der Waals surface area contributed by atoms with Crippen LogP contribution in [0.5, 0.6) is 0 Å². The molecule has 0 fully saturated rings. The van der Waals surface area contributed by atoms with Crippen molar-refractivity contribution in [2.24, 2.45) is 0 Å². The molecule has 0 aromatic carbocycles. The summed E-state index contributed by atoms with van der Waals surface area (Å²) in [7, 11) is 0. The zero-order valence-electron chi connectivity index (χ0n) is 53.9. The molecule has 1 unspecified atom stereocenters. The zero-order chi connectivity index (χ0) is 57.1. The summed E-state index contributed by atoms with van der Waals surface area (Å²) < 4.78 is 17.0. The molecule has 0 bridgehead atoms. The monoisotopic (exact) mass is 1110 g/mol. The van der Waals surface area contributed by atoms with Crippen LogP contribution >= 0.6 is 0 Å². The molecule has 1 atom stereocenters. The largest absolute Gasteiger partial charge is 0.462 e. The summed E-state index contributed by atoms with van der Waals surface area (Å²) in [4.78, 5) is 38.3. The van der Waals surface area contributed by atoms with Crippen molar-refractivity contribution in [3.05, 3.63) is 12.2 Å². The Balaban J connectivity index is 4.04. The second-order valence-electron chi connectivity index (χ2n) is 24.9. The van der Waals surface area contributed by atoms with E-state index in [1.807, 2.05) is 0 Å². The van der Waals surface area contributed by atoms with E-state index in [0.29, 0.717) is 19.3 Å². The fraction of sp³-hybridized carbons (Fsp3) is 0.932. The van der Waals surface area contributed by atoms with Gasteiger partial charge in [-0.05, 0) is 44.9 Å². The minimum atomic E-state index is -0.769. The van der Waals surface area contributed by atoms with Crippen molar-refractivity contribution in [1.82, 2.24) is 0 Å². The summed E-state index contributed by atoms with van der Waals surface area (Å²) in [5, 5.41) is 0. The number of ether oxygens (including phenoxy) is 3. The van der Waals surface area contributed by atoms with E-state index in [4.69, 9.17) is 14.2 Å². The van der Waals surface area contributed by atoms with Crippen molar-refractivity contribution >= 4 is 17.9 Å². The molecule has 0 heterocycles. The van der Waals surface area contributed by atoms with Crippen LogP contribution < -0.4 is 0 Å². The van der Waals surface area contributed by atoms with Gasteiger partial charge in [0.2, 0.25) is 0 Å². The number of esters is 3. The van der Waals surface area contributed by atoms with E-state index in [1.54, 1.807) is 0 Å². The Morgan fingerprint density at radius 1 is 0.241 bits per heavy atom. The van der Waals surface area contributed by atoms with Gasteiger partial charge in [-0.15, -0.1) is 0 Å². The molecule has 0 rings (SSSR count).